The number of rotatable bonds is 5. The van der Waals surface area contributed by atoms with Gasteiger partial charge in [0.2, 0.25) is 0 Å². The predicted octanol–water partition coefficient (Wildman–Crippen LogP) is 2.47. The van der Waals surface area contributed by atoms with Crippen molar-refractivity contribution in [3.8, 4) is 0 Å². The number of aromatic nitrogens is 3. The summed E-state index contributed by atoms with van der Waals surface area (Å²) in [5.41, 5.74) is 2.60. The number of halogens is 1. The number of hydrogen-bond acceptors (Lipinski definition) is 3. The number of nitrogens with zero attached hydrogens (tertiary/aromatic N) is 3. The summed E-state index contributed by atoms with van der Waals surface area (Å²) in [6.45, 7) is 2.62. The lowest BCUT2D eigenvalue weighted by Gasteiger charge is -2.06. The average Bonchev–Trinajstić information content (AvgIpc) is 2.81. The third-order valence-corrected chi connectivity index (χ3v) is 3.25. The summed E-state index contributed by atoms with van der Waals surface area (Å²) in [4.78, 5) is 16.0. The SMILES string of the molecule is CCc1c(C(=O)CBr)cnn1Cc1ccccn1. The van der Waals surface area contributed by atoms with Gasteiger partial charge < -0.3 is 0 Å². The number of carbonyl (C=O) groups is 1. The van der Waals surface area contributed by atoms with Crippen LogP contribution in [-0.4, -0.2) is 25.9 Å². The van der Waals surface area contributed by atoms with Gasteiger partial charge >= 0.3 is 0 Å². The van der Waals surface area contributed by atoms with Crippen LogP contribution in [0.4, 0.5) is 0 Å². The molecular weight excluding hydrogens is 294 g/mol. The minimum absolute atomic E-state index is 0.0686. The quantitative estimate of drug-likeness (QED) is 0.630. The van der Waals surface area contributed by atoms with Crippen LogP contribution in [-0.2, 0) is 13.0 Å². The van der Waals surface area contributed by atoms with Crippen molar-refractivity contribution in [1.82, 2.24) is 14.8 Å². The van der Waals surface area contributed by atoms with Gasteiger partial charge in [0, 0.05) is 11.9 Å². The van der Waals surface area contributed by atoms with Crippen molar-refractivity contribution in [2.45, 2.75) is 19.9 Å². The van der Waals surface area contributed by atoms with E-state index >= 15 is 0 Å². The van der Waals surface area contributed by atoms with E-state index in [0.29, 0.717) is 17.4 Å². The first-order chi connectivity index (χ1) is 8.76. The Morgan fingerprint density at radius 2 is 2.28 bits per heavy atom. The minimum Gasteiger partial charge on any atom is -0.293 e. The summed E-state index contributed by atoms with van der Waals surface area (Å²) in [5.74, 6) is 0.0686. The summed E-state index contributed by atoms with van der Waals surface area (Å²) >= 11 is 3.19. The summed E-state index contributed by atoms with van der Waals surface area (Å²) < 4.78 is 1.85. The molecule has 0 radical (unpaired) electrons. The van der Waals surface area contributed by atoms with E-state index in [-0.39, 0.29) is 5.78 Å². The molecule has 0 spiro atoms. The Morgan fingerprint density at radius 1 is 1.44 bits per heavy atom. The van der Waals surface area contributed by atoms with Crippen LogP contribution in [0, 0.1) is 0 Å². The fourth-order valence-electron chi connectivity index (χ4n) is 1.87. The van der Waals surface area contributed by atoms with E-state index in [9.17, 15) is 4.79 Å². The van der Waals surface area contributed by atoms with E-state index in [1.165, 1.54) is 0 Å². The molecule has 0 unspecified atom stereocenters. The fourth-order valence-corrected chi connectivity index (χ4v) is 2.17. The number of pyridine rings is 1. The molecule has 0 fully saturated rings. The molecule has 0 saturated carbocycles. The first-order valence-corrected chi connectivity index (χ1v) is 6.92. The first kappa shape index (κ1) is 13.0. The predicted molar refractivity (Wildman–Crippen MR) is 73.1 cm³/mol. The molecule has 4 nitrogen and oxygen atoms in total. The highest BCUT2D eigenvalue weighted by Gasteiger charge is 2.15. The van der Waals surface area contributed by atoms with E-state index in [2.05, 4.69) is 26.0 Å². The van der Waals surface area contributed by atoms with Crippen LogP contribution >= 0.6 is 15.9 Å². The van der Waals surface area contributed by atoms with Crippen LogP contribution in [0.1, 0.15) is 28.7 Å². The molecule has 0 saturated heterocycles. The lowest BCUT2D eigenvalue weighted by Crippen LogP contribution is -2.10. The molecule has 18 heavy (non-hydrogen) atoms. The smallest absolute Gasteiger partial charge is 0.176 e. The van der Waals surface area contributed by atoms with Gasteiger partial charge in [-0.3, -0.25) is 14.5 Å². The zero-order valence-corrected chi connectivity index (χ0v) is 11.7. The number of ketones is 1. The molecule has 0 amide bonds. The Kier molecular flexibility index (Phi) is 4.25. The van der Waals surface area contributed by atoms with Gasteiger partial charge in [0.05, 0.1) is 29.3 Å². The Hall–Kier alpha value is -1.49. The molecule has 2 aromatic heterocycles. The van der Waals surface area contributed by atoms with Crippen molar-refractivity contribution in [2.24, 2.45) is 0 Å². The number of alkyl halides is 1. The van der Waals surface area contributed by atoms with Gasteiger partial charge in [-0.05, 0) is 18.6 Å². The zero-order valence-electron chi connectivity index (χ0n) is 10.1. The van der Waals surface area contributed by atoms with Crippen molar-refractivity contribution in [3.05, 3.63) is 47.5 Å². The van der Waals surface area contributed by atoms with Crippen molar-refractivity contribution in [3.63, 3.8) is 0 Å². The lowest BCUT2D eigenvalue weighted by atomic mass is 10.1. The summed E-state index contributed by atoms with van der Waals surface area (Å²) in [5, 5.41) is 4.61. The molecule has 2 rings (SSSR count). The molecule has 2 aromatic rings. The van der Waals surface area contributed by atoms with Crippen molar-refractivity contribution < 1.29 is 4.79 Å². The zero-order chi connectivity index (χ0) is 13.0. The van der Waals surface area contributed by atoms with Crippen LogP contribution in [0.15, 0.2) is 30.6 Å². The van der Waals surface area contributed by atoms with E-state index in [4.69, 9.17) is 0 Å². The van der Waals surface area contributed by atoms with Crippen LogP contribution in [0.25, 0.3) is 0 Å². The van der Waals surface area contributed by atoms with Crippen LogP contribution in [0.5, 0.6) is 0 Å². The highest BCUT2D eigenvalue weighted by molar-refractivity contribution is 9.09. The maximum atomic E-state index is 11.7. The van der Waals surface area contributed by atoms with E-state index in [0.717, 1.165) is 17.8 Å². The molecule has 94 valence electrons. The molecule has 0 bridgehead atoms. The molecule has 0 aliphatic carbocycles. The molecule has 2 heterocycles. The summed E-state index contributed by atoms with van der Waals surface area (Å²) in [6.07, 6.45) is 4.18. The molecule has 0 aliphatic rings. The van der Waals surface area contributed by atoms with Gasteiger partial charge in [0.25, 0.3) is 0 Å². The van der Waals surface area contributed by atoms with Gasteiger partial charge in [-0.2, -0.15) is 5.10 Å². The van der Waals surface area contributed by atoms with Gasteiger partial charge in [-0.25, -0.2) is 0 Å². The normalized spacial score (nSPS) is 10.6. The maximum Gasteiger partial charge on any atom is 0.176 e. The second-order valence-electron chi connectivity index (χ2n) is 3.89. The molecule has 0 atom stereocenters. The average molecular weight is 308 g/mol. The van der Waals surface area contributed by atoms with Crippen molar-refractivity contribution in [2.75, 3.05) is 5.33 Å². The summed E-state index contributed by atoms with van der Waals surface area (Å²) in [7, 11) is 0. The monoisotopic (exact) mass is 307 g/mol. The van der Waals surface area contributed by atoms with Gasteiger partial charge in [-0.1, -0.05) is 28.9 Å². The van der Waals surface area contributed by atoms with E-state index in [1.807, 2.05) is 29.8 Å². The topological polar surface area (TPSA) is 47.8 Å². The first-order valence-electron chi connectivity index (χ1n) is 5.80. The largest absolute Gasteiger partial charge is 0.293 e. The van der Waals surface area contributed by atoms with Crippen LogP contribution in [0.2, 0.25) is 0 Å². The minimum atomic E-state index is 0.0686. The lowest BCUT2D eigenvalue weighted by molar-refractivity contribution is 0.102. The molecule has 0 aromatic carbocycles. The Morgan fingerprint density at radius 3 is 2.89 bits per heavy atom. The number of carbonyl (C=O) groups excluding carboxylic acids is 1. The van der Waals surface area contributed by atoms with Crippen LogP contribution < -0.4 is 0 Å². The van der Waals surface area contributed by atoms with Gasteiger partial charge in [0.1, 0.15) is 0 Å². The van der Waals surface area contributed by atoms with Crippen molar-refractivity contribution in [1.29, 1.82) is 0 Å². The molecule has 5 heteroatoms. The highest BCUT2D eigenvalue weighted by Crippen LogP contribution is 2.13. The van der Waals surface area contributed by atoms with E-state index in [1.54, 1.807) is 12.4 Å². The third kappa shape index (κ3) is 2.67. The van der Waals surface area contributed by atoms with Crippen molar-refractivity contribution >= 4 is 21.7 Å². The molecular formula is C13H14BrN3O. The van der Waals surface area contributed by atoms with Crippen LogP contribution in [0.3, 0.4) is 0 Å². The van der Waals surface area contributed by atoms with E-state index < -0.39 is 0 Å². The highest BCUT2D eigenvalue weighted by atomic mass is 79.9. The molecule has 0 N–H and O–H groups in total. The molecule has 0 aliphatic heterocycles. The fraction of sp³-hybridized carbons (Fsp3) is 0.308. The number of hydrogen-bond donors (Lipinski definition) is 0. The standard InChI is InChI=1S/C13H14BrN3O/c1-2-12-11(13(18)7-14)8-16-17(12)9-10-5-3-4-6-15-10/h3-6,8H,2,7,9H2,1H3. The summed E-state index contributed by atoms with van der Waals surface area (Å²) in [6, 6.07) is 5.78. The van der Waals surface area contributed by atoms with Gasteiger partial charge in [0.15, 0.2) is 5.78 Å². The Bertz CT molecular complexity index is 536. The maximum absolute atomic E-state index is 11.7. The second kappa shape index (κ2) is 5.91. The number of Topliss-reactive ketones (excluding diaryl/α,β-unsaturated/α-hetero) is 1. The van der Waals surface area contributed by atoms with Gasteiger partial charge in [-0.15, -0.1) is 0 Å². The second-order valence-corrected chi connectivity index (χ2v) is 4.45. The Balaban J connectivity index is 2.29. The Labute approximate surface area is 114 Å². The third-order valence-electron chi connectivity index (χ3n) is 2.74.